The number of nitrogens with zero attached hydrogens (tertiary/aromatic N) is 3. The summed E-state index contributed by atoms with van der Waals surface area (Å²) in [5.74, 6) is 0.374. The van der Waals surface area contributed by atoms with Gasteiger partial charge in [0, 0.05) is 18.3 Å². The fourth-order valence-corrected chi connectivity index (χ4v) is 1.60. The monoisotopic (exact) mass is 249 g/mol. The highest BCUT2D eigenvalue weighted by atomic mass is 19.3. The van der Waals surface area contributed by atoms with Crippen molar-refractivity contribution in [3.8, 4) is 6.07 Å². The summed E-state index contributed by atoms with van der Waals surface area (Å²) in [4.78, 5) is 8.06. The van der Waals surface area contributed by atoms with Gasteiger partial charge >= 0.3 is 6.61 Å². The molecule has 2 rings (SSSR count). The third kappa shape index (κ3) is 2.88. The van der Waals surface area contributed by atoms with Crippen molar-refractivity contribution >= 4 is 0 Å². The third-order valence-electron chi connectivity index (χ3n) is 2.40. The van der Waals surface area contributed by atoms with Gasteiger partial charge in [0.2, 0.25) is 0 Å². The van der Waals surface area contributed by atoms with Crippen LogP contribution in [0.1, 0.15) is 23.7 Å². The van der Waals surface area contributed by atoms with Crippen LogP contribution in [0.3, 0.4) is 0 Å². The van der Waals surface area contributed by atoms with Crippen LogP contribution in [0.15, 0.2) is 36.4 Å². The molecule has 1 unspecified atom stereocenters. The zero-order valence-corrected chi connectivity index (χ0v) is 9.25. The maximum atomic E-state index is 12.1. The number of halogens is 2. The van der Waals surface area contributed by atoms with Crippen LogP contribution in [0.4, 0.5) is 8.78 Å². The maximum absolute atomic E-state index is 12.1. The molecule has 1 aliphatic rings. The first-order valence-electron chi connectivity index (χ1n) is 5.24. The highest BCUT2D eigenvalue weighted by Crippen LogP contribution is 2.25. The lowest BCUT2D eigenvalue weighted by atomic mass is 9.99. The van der Waals surface area contributed by atoms with Crippen molar-refractivity contribution in [1.29, 1.82) is 5.26 Å². The van der Waals surface area contributed by atoms with Gasteiger partial charge in [-0.15, -0.1) is 0 Å². The summed E-state index contributed by atoms with van der Waals surface area (Å²) >= 11 is 0. The van der Waals surface area contributed by atoms with E-state index in [-0.39, 0.29) is 11.7 Å². The molecule has 0 radical (unpaired) electrons. The number of aromatic nitrogens is 2. The Morgan fingerprint density at radius 3 is 2.72 bits per heavy atom. The molecule has 0 saturated heterocycles. The Balaban J connectivity index is 2.16. The number of rotatable bonds is 3. The van der Waals surface area contributed by atoms with Crippen LogP contribution in [-0.4, -0.2) is 16.6 Å². The molecule has 1 aliphatic carbocycles. The van der Waals surface area contributed by atoms with Crippen LogP contribution in [-0.2, 0) is 4.74 Å². The normalized spacial score (nSPS) is 18.3. The molecule has 6 heteroatoms. The van der Waals surface area contributed by atoms with E-state index in [1.54, 1.807) is 12.2 Å². The lowest BCUT2D eigenvalue weighted by Gasteiger charge is -2.15. The van der Waals surface area contributed by atoms with Gasteiger partial charge in [0.05, 0.1) is 5.56 Å². The van der Waals surface area contributed by atoms with E-state index in [1.807, 2.05) is 6.07 Å². The molecule has 92 valence electrons. The molecule has 0 fully saturated rings. The van der Waals surface area contributed by atoms with Crippen LogP contribution in [0.5, 0.6) is 0 Å². The van der Waals surface area contributed by atoms with Crippen molar-refractivity contribution in [2.45, 2.75) is 19.0 Å². The Bertz CT molecular complexity index is 517. The first-order chi connectivity index (χ1) is 8.69. The van der Waals surface area contributed by atoms with Crippen molar-refractivity contribution in [3.05, 3.63) is 47.8 Å². The van der Waals surface area contributed by atoms with Crippen molar-refractivity contribution in [3.63, 3.8) is 0 Å². The number of allylic oxidation sites excluding steroid dienone is 3. The summed E-state index contributed by atoms with van der Waals surface area (Å²) in [6, 6.07) is 1.91. The SMILES string of the molecule is N#Cc1cnc(C2C=C(OC(F)F)C=CC2)nc1. The van der Waals surface area contributed by atoms with E-state index >= 15 is 0 Å². The Hall–Kier alpha value is -2.29. The van der Waals surface area contributed by atoms with Crippen molar-refractivity contribution in [2.24, 2.45) is 0 Å². The van der Waals surface area contributed by atoms with Crippen LogP contribution < -0.4 is 0 Å². The maximum Gasteiger partial charge on any atom is 0.387 e. The molecular weight excluding hydrogens is 240 g/mol. The fourth-order valence-electron chi connectivity index (χ4n) is 1.60. The van der Waals surface area contributed by atoms with E-state index < -0.39 is 6.61 Å². The summed E-state index contributed by atoms with van der Waals surface area (Å²) in [7, 11) is 0. The molecule has 1 aromatic heterocycles. The molecule has 0 saturated carbocycles. The average molecular weight is 249 g/mol. The summed E-state index contributed by atoms with van der Waals surface area (Å²) in [5.41, 5.74) is 0.359. The van der Waals surface area contributed by atoms with Gasteiger partial charge in [-0.1, -0.05) is 6.08 Å². The Labute approximate surface area is 102 Å². The fraction of sp³-hybridized carbons (Fsp3) is 0.250. The minimum atomic E-state index is -2.85. The molecular formula is C12H9F2N3O. The smallest absolute Gasteiger partial charge is 0.387 e. The number of nitriles is 1. The highest BCUT2D eigenvalue weighted by molar-refractivity contribution is 5.27. The second-order valence-corrected chi connectivity index (χ2v) is 3.63. The van der Waals surface area contributed by atoms with Gasteiger partial charge in [0.15, 0.2) is 0 Å². The number of ether oxygens (including phenoxy) is 1. The van der Waals surface area contributed by atoms with Gasteiger partial charge in [-0.2, -0.15) is 14.0 Å². The number of hydrogen-bond donors (Lipinski definition) is 0. The summed E-state index contributed by atoms with van der Waals surface area (Å²) in [6.45, 7) is -2.85. The van der Waals surface area contributed by atoms with Gasteiger partial charge in [-0.3, -0.25) is 0 Å². The van der Waals surface area contributed by atoms with Crippen LogP contribution >= 0.6 is 0 Å². The largest absolute Gasteiger partial charge is 0.435 e. The number of alkyl halides is 2. The zero-order chi connectivity index (χ0) is 13.0. The molecule has 0 amide bonds. The summed E-state index contributed by atoms with van der Waals surface area (Å²) < 4.78 is 28.5. The third-order valence-corrected chi connectivity index (χ3v) is 2.40. The predicted molar refractivity (Wildman–Crippen MR) is 58.4 cm³/mol. The lowest BCUT2D eigenvalue weighted by Crippen LogP contribution is -2.07. The number of hydrogen-bond acceptors (Lipinski definition) is 4. The van der Waals surface area contributed by atoms with Gasteiger partial charge < -0.3 is 4.74 Å². The Kier molecular flexibility index (Phi) is 3.63. The van der Waals surface area contributed by atoms with E-state index in [1.165, 1.54) is 18.5 Å². The van der Waals surface area contributed by atoms with Gasteiger partial charge in [0.25, 0.3) is 0 Å². The van der Waals surface area contributed by atoms with E-state index in [9.17, 15) is 8.78 Å². The first-order valence-corrected chi connectivity index (χ1v) is 5.24. The standard InChI is InChI=1S/C12H9F2N3O/c13-12(14)18-10-3-1-2-9(4-10)11-16-6-8(5-15)7-17-11/h1,3-4,6-7,9,12H,2H2. The minimum Gasteiger partial charge on any atom is -0.435 e. The molecule has 0 aliphatic heterocycles. The second kappa shape index (κ2) is 5.36. The van der Waals surface area contributed by atoms with E-state index in [0.717, 1.165) is 0 Å². The summed E-state index contributed by atoms with van der Waals surface area (Å²) in [6.07, 6.45) is 8.19. The second-order valence-electron chi connectivity index (χ2n) is 3.63. The lowest BCUT2D eigenvalue weighted by molar-refractivity contribution is -0.0926. The van der Waals surface area contributed by atoms with Gasteiger partial charge in [-0.05, 0) is 18.6 Å². The highest BCUT2D eigenvalue weighted by Gasteiger charge is 2.17. The van der Waals surface area contributed by atoms with Crippen molar-refractivity contribution in [2.75, 3.05) is 0 Å². The van der Waals surface area contributed by atoms with Gasteiger partial charge in [0.1, 0.15) is 17.7 Å². The predicted octanol–water partition coefficient (Wildman–Crippen LogP) is 2.51. The zero-order valence-electron chi connectivity index (χ0n) is 9.25. The molecule has 18 heavy (non-hydrogen) atoms. The molecule has 1 heterocycles. The molecule has 0 bridgehead atoms. The van der Waals surface area contributed by atoms with Crippen LogP contribution in [0.25, 0.3) is 0 Å². The average Bonchev–Trinajstić information content (AvgIpc) is 2.38. The summed E-state index contributed by atoms with van der Waals surface area (Å²) in [5, 5.41) is 8.62. The molecule has 0 N–H and O–H groups in total. The van der Waals surface area contributed by atoms with Crippen molar-refractivity contribution < 1.29 is 13.5 Å². The Morgan fingerprint density at radius 2 is 2.11 bits per heavy atom. The van der Waals surface area contributed by atoms with E-state index in [0.29, 0.717) is 17.8 Å². The molecule has 4 nitrogen and oxygen atoms in total. The Morgan fingerprint density at radius 1 is 1.39 bits per heavy atom. The van der Waals surface area contributed by atoms with E-state index in [4.69, 9.17) is 5.26 Å². The van der Waals surface area contributed by atoms with Crippen molar-refractivity contribution in [1.82, 2.24) is 9.97 Å². The van der Waals surface area contributed by atoms with Crippen LogP contribution in [0.2, 0.25) is 0 Å². The molecule has 0 spiro atoms. The molecule has 1 aromatic rings. The first kappa shape index (κ1) is 12.2. The van der Waals surface area contributed by atoms with Crippen LogP contribution in [0, 0.1) is 11.3 Å². The quantitative estimate of drug-likeness (QED) is 0.825. The topological polar surface area (TPSA) is 58.8 Å². The minimum absolute atomic E-state index is 0.106. The van der Waals surface area contributed by atoms with Gasteiger partial charge in [-0.25, -0.2) is 9.97 Å². The molecule has 1 atom stereocenters. The molecule has 0 aromatic carbocycles. The van der Waals surface area contributed by atoms with E-state index in [2.05, 4.69) is 14.7 Å².